The topological polar surface area (TPSA) is 112 Å². The minimum atomic E-state index is -0.771. The van der Waals surface area contributed by atoms with Gasteiger partial charge in [0.2, 0.25) is 5.91 Å². The molecule has 2 N–H and O–H groups in total. The summed E-state index contributed by atoms with van der Waals surface area (Å²) in [6.07, 6.45) is 4.41. The number of amides is 2. The predicted molar refractivity (Wildman–Crippen MR) is 126 cm³/mol. The Morgan fingerprint density at radius 2 is 1.74 bits per heavy atom. The molecule has 1 heterocycles. The third kappa shape index (κ3) is 7.16. The van der Waals surface area contributed by atoms with Crippen LogP contribution in [0.3, 0.4) is 0 Å². The molecule has 1 atom stereocenters. The molecule has 3 aromatic rings. The Hall–Kier alpha value is -3.69. The van der Waals surface area contributed by atoms with E-state index in [0.29, 0.717) is 35.3 Å². The number of nitrogens with one attached hydrogen (secondary N) is 2. The van der Waals surface area contributed by atoms with Crippen LogP contribution < -0.4 is 20.1 Å². The number of ether oxygens (including phenoxy) is 3. The Morgan fingerprint density at radius 1 is 1.03 bits per heavy atom. The summed E-state index contributed by atoms with van der Waals surface area (Å²) < 4.78 is 16.0. The molecule has 0 aliphatic carbocycles. The molecule has 0 aliphatic heterocycles. The van der Waals surface area contributed by atoms with E-state index in [-0.39, 0.29) is 18.0 Å². The zero-order valence-electron chi connectivity index (χ0n) is 18.8. The summed E-state index contributed by atoms with van der Waals surface area (Å²) in [6, 6.07) is 11.6. The van der Waals surface area contributed by atoms with Gasteiger partial charge < -0.3 is 24.8 Å². The average molecular weight is 485 g/mol. The number of aromatic nitrogens is 2. The largest absolute Gasteiger partial charge is 0.497 e. The fourth-order valence-corrected chi connectivity index (χ4v) is 3.18. The Morgan fingerprint density at radius 3 is 2.38 bits per heavy atom. The van der Waals surface area contributed by atoms with Gasteiger partial charge in [0.25, 0.3) is 5.91 Å². The summed E-state index contributed by atoms with van der Waals surface area (Å²) in [5.41, 5.74) is 1.13. The molecule has 3 rings (SSSR count). The van der Waals surface area contributed by atoms with Gasteiger partial charge in [-0.15, -0.1) is 0 Å². The first-order chi connectivity index (χ1) is 16.5. The van der Waals surface area contributed by atoms with Crippen molar-refractivity contribution in [2.45, 2.75) is 19.0 Å². The second kappa shape index (κ2) is 12.5. The number of carbonyl (C=O) groups is 2. The highest BCUT2D eigenvalue weighted by molar-refractivity contribution is 6.32. The first-order valence-electron chi connectivity index (χ1n) is 10.4. The molecule has 0 unspecified atom stereocenters. The Balaban J connectivity index is 1.56. The summed E-state index contributed by atoms with van der Waals surface area (Å²) in [5, 5.41) is 5.97. The maximum Gasteiger partial charge on any atom is 0.255 e. The van der Waals surface area contributed by atoms with Crippen molar-refractivity contribution in [2.24, 2.45) is 0 Å². The molecule has 0 aliphatic rings. The van der Waals surface area contributed by atoms with Gasteiger partial charge in [-0.05, 0) is 36.2 Å². The van der Waals surface area contributed by atoms with Crippen LogP contribution in [0.2, 0.25) is 5.02 Å². The Kier molecular flexibility index (Phi) is 9.19. The van der Waals surface area contributed by atoms with Crippen molar-refractivity contribution in [3.05, 3.63) is 77.3 Å². The van der Waals surface area contributed by atoms with Crippen molar-refractivity contribution in [2.75, 3.05) is 20.8 Å². The number of hydrogen-bond acceptors (Lipinski definition) is 7. The highest BCUT2D eigenvalue weighted by atomic mass is 35.5. The van der Waals surface area contributed by atoms with Gasteiger partial charge >= 0.3 is 0 Å². The molecule has 2 amide bonds. The number of carbonyl (C=O) groups excluding carboxylic acids is 2. The lowest BCUT2D eigenvalue weighted by Crippen LogP contribution is -2.47. The fraction of sp³-hybridized carbons (Fsp3) is 0.250. The molecule has 0 bridgehead atoms. The molecule has 34 heavy (non-hydrogen) atoms. The van der Waals surface area contributed by atoms with Crippen LogP contribution in [0.4, 0.5) is 0 Å². The highest BCUT2D eigenvalue weighted by Gasteiger charge is 2.21. The summed E-state index contributed by atoms with van der Waals surface area (Å²) in [4.78, 5) is 32.8. The SMILES string of the molecule is COCC[C@H](NC(=O)c1cncnc1)C(=O)NCc1ccc(Oc2ccc(OC)cc2Cl)cc1. The zero-order valence-corrected chi connectivity index (χ0v) is 19.5. The summed E-state index contributed by atoms with van der Waals surface area (Å²) in [6.45, 7) is 0.583. The first-order valence-corrected chi connectivity index (χ1v) is 10.8. The molecule has 2 aromatic carbocycles. The van der Waals surface area contributed by atoms with E-state index >= 15 is 0 Å². The molecule has 0 spiro atoms. The lowest BCUT2D eigenvalue weighted by molar-refractivity contribution is -0.123. The average Bonchev–Trinajstić information content (AvgIpc) is 2.87. The summed E-state index contributed by atoms with van der Waals surface area (Å²) in [7, 11) is 3.10. The van der Waals surface area contributed by atoms with E-state index in [4.69, 9.17) is 25.8 Å². The van der Waals surface area contributed by atoms with Crippen molar-refractivity contribution in [1.29, 1.82) is 0 Å². The van der Waals surface area contributed by atoms with Gasteiger partial charge in [0.1, 0.15) is 29.6 Å². The van der Waals surface area contributed by atoms with Gasteiger partial charge in [-0.25, -0.2) is 9.97 Å². The normalized spacial score (nSPS) is 11.4. The van der Waals surface area contributed by atoms with Crippen molar-refractivity contribution < 1.29 is 23.8 Å². The van der Waals surface area contributed by atoms with Gasteiger partial charge in [0.05, 0.1) is 17.7 Å². The number of rotatable bonds is 11. The number of methoxy groups -OCH3 is 2. The lowest BCUT2D eigenvalue weighted by atomic mass is 10.1. The predicted octanol–water partition coefficient (Wildman–Crippen LogP) is 3.38. The molecule has 9 nitrogen and oxygen atoms in total. The van der Waals surface area contributed by atoms with Crippen LogP contribution in [0.1, 0.15) is 22.3 Å². The number of benzene rings is 2. The van der Waals surface area contributed by atoms with Crippen molar-refractivity contribution >= 4 is 23.4 Å². The van der Waals surface area contributed by atoms with E-state index in [9.17, 15) is 9.59 Å². The van der Waals surface area contributed by atoms with Crippen LogP contribution in [-0.4, -0.2) is 48.7 Å². The molecule has 10 heteroatoms. The third-order valence-corrected chi connectivity index (χ3v) is 5.11. The first kappa shape index (κ1) is 24.9. The maximum atomic E-state index is 12.7. The van der Waals surface area contributed by atoms with Crippen LogP contribution in [0.25, 0.3) is 0 Å². The second-order valence-corrected chi connectivity index (χ2v) is 7.60. The van der Waals surface area contributed by atoms with Gasteiger partial charge in [0.15, 0.2) is 0 Å². The zero-order chi connectivity index (χ0) is 24.3. The van der Waals surface area contributed by atoms with Crippen LogP contribution in [0.5, 0.6) is 17.2 Å². The van der Waals surface area contributed by atoms with E-state index in [1.807, 2.05) is 12.1 Å². The third-order valence-electron chi connectivity index (χ3n) is 4.81. The van der Waals surface area contributed by atoms with E-state index < -0.39 is 11.9 Å². The van der Waals surface area contributed by atoms with Crippen molar-refractivity contribution in [3.8, 4) is 17.2 Å². The van der Waals surface area contributed by atoms with Crippen molar-refractivity contribution in [1.82, 2.24) is 20.6 Å². The molecular formula is C24H25ClN4O5. The molecule has 0 saturated heterocycles. The molecule has 0 radical (unpaired) electrons. The van der Waals surface area contributed by atoms with Crippen LogP contribution in [0.15, 0.2) is 61.2 Å². The highest BCUT2D eigenvalue weighted by Crippen LogP contribution is 2.32. The van der Waals surface area contributed by atoms with E-state index in [0.717, 1.165) is 5.56 Å². The van der Waals surface area contributed by atoms with E-state index in [1.54, 1.807) is 37.4 Å². The van der Waals surface area contributed by atoms with Crippen LogP contribution in [-0.2, 0) is 16.1 Å². The van der Waals surface area contributed by atoms with Crippen LogP contribution >= 0.6 is 11.6 Å². The van der Waals surface area contributed by atoms with Gasteiger partial charge in [-0.1, -0.05) is 23.7 Å². The van der Waals surface area contributed by atoms with Gasteiger partial charge in [-0.3, -0.25) is 9.59 Å². The lowest BCUT2D eigenvalue weighted by Gasteiger charge is -2.18. The molecule has 178 valence electrons. The Labute approximate surface area is 202 Å². The van der Waals surface area contributed by atoms with Gasteiger partial charge in [0, 0.05) is 38.7 Å². The summed E-state index contributed by atoms with van der Waals surface area (Å²) >= 11 is 6.22. The molecule has 0 fully saturated rings. The fourth-order valence-electron chi connectivity index (χ4n) is 2.97. The second-order valence-electron chi connectivity index (χ2n) is 7.19. The minimum absolute atomic E-state index is 0.269. The quantitative estimate of drug-likeness (QED) is 0.429. The molecular weight excluding hydrogens is 460 g/mol. The van der Waals surface area contributed by atoms with Crippen LogP contribution in [0, 0.1) is 0 Å². The standard InChI is InChI=1S/C24H25ClN4O5/c1-32-10-9-21(29-23(30)17-13-26-15-27-14-17)24(31)28-12-16-3-5-18(6-4-16)34-22-8-7-19(33-2)11-20(22)25/h3-8,11,13-15,21H,9-10,12H2,1-2H3,(H,28,31)(H,29,30)/t21-/m0/s1. The van der Waals surface area contributed by atoms with Gasteiger partial charge in [-0.2, -0.15) is 0 Å². The number of halogens is 1. The monoisotopic (exact) mass is 484 g/mol. The number of hydrogen-bond donors (Lipinski definition) is 2. The Bertz CT molecular complexity index is 1100. The maximum absolute atomic E-state index is 12.7. The minimum Gasteiger partial charge on any atom is -0.497 e. The molecule has 0 saturated carbocycles. The van der Waals surface area contributed by atoms with E-state index in [2.05, 4.69) is 20.6 Å². The van der Waals surface area contributed by atoms with E-state index in [1.165, 1.54) is 25.8 Å². The van der Waals surface area contributed by atoms with Crippen molar-refractivity contribution in [3.63, 3.8) is 0 Å². The molecule has 1 aromatic heterocycles. The summed E-state index contributed by atoms with van der Waals surface area (Å²) in [5.74, 6) is 0.977. The smallest absolute Gasteiger partial charge is 0.255 e. The number of nitrogens with zero attached hydrogens (tertiary/aromatic N) is 2.